The van der Waals surface area contributed by atoms with Gasteiger partial charge in [0.25, 0.3) is 0 Å². The van der Waals surface area contributed by atoms with E-state index in [2.05, 4.69) is 45.0 Å². The van der Waals surface area contributed by atoms with Gasteiger partial charge in [0.05, 0.1) is 17.2 Å². The Morgan fingerprint density at radius 2 is 1.77 bits per heavy atom. The van der Waals surface area contributed by atoms with Crippen molar-refractivity contribution in [2.75, 3.05) is 0 Å². The van der Waals surface area contributed by atoms with Gasteiger partial charge in [-0.1, -0.05) is 77.0 Å². The molecule has 0 spiro atoms. The van der Waals surface area contributed by atoms with Gasteiger partial charge in [-0.05, 0) is 45.1 Å². The second-order valence-electron chi connectivity index (χ2n) is 10.2. The number of Topliss-reactive ketones (excluding diaryl/α,β-unsaturated/α-hetero) is 1. The first kappa shape index (κ1) is 24.5. The molecule has 1 aromatic carbocycles. The van der Waals surface area contributed by atoms with Crippen LogP contribution in [-0.4, -0.2) is 32.8 Å². The molecule has 0 radical (unpaired) electrons. The molecule has 1 saturated heterocycles. The molecule has 5 nitrogen and oxygen atoms in total. The molecule has 1 aliphatic rings. The van der Waals surface area contributed by atoms with E-state index in [1.54, 1.807) is 0 Å². The molecule has 2 rings (SSSR count). The number of hydrogen-bond donors (Lipinski definition) is 1. The minimum absolute atomic E-state index is 0.0808. The fourth-order valence-corrected chi connectivity index (χ4v) is 4.74. The van der Waals surface area contributed by atoms with Crippen molar-refractivity contribution in [2.45, 2.75) is 92.3 Å². The second-order valence-corrected chi connectivity index (χ2v) is 10.2. The van der Waals surface area contributed by atoms with Crippen molar-refractivity contribution < 1.29 is 14.8 Å². The van der Waals surface area contributed by atoms with E-state index >= 15 is 0 Å². The van der Waals surface area contributed by atoms with Crippen LogP contribution in [0, 0.1) is 17.3 Å². The number of hydroxylamine groups is 2. The first-order valence-corrected chi connectivity index (χ1v) is 11.2. The number of oxime groups is 1. The maximum Gasteiger partial charge on any atom is 0.147 e. The minimum Gasteiger partial charge on any atom is -0.411 e. The summed E-state index contributed by atoms with van der Waals surface area (Å²) in [5.41, 5.74) is -0.0618. The Hall–Kier alpha value is -1.72. The molecule has 1 fully saturated rings. The van der Waals surface area contributed by atoms with E-state index in [-0.39, 0.29) is 17.8 Å². The molecule has 168 valence electrons. The first-order valence-electron chi connectivity index (χ1n) is 11.2. The van der Waals surface area contributed by atoms with Crippen LogP contribution in [0.3, 0.4) is 0 Å². The standard InChI is InChI=1S/C25H40N2O3/c1-10-24(8)17(3)20(22(28)23(5,6)7)21(26-29)25(9,11-2)27(24)30-18(4)19-15-13-12-14-16-19/h12-18,20,29H,10-11H2,1-9H3. The van der Waals surface area contributed by atoms with Crippen LogP contribution in [0.25, 0.3) is 0 Å². The summed E-state index contributed by atoms with van der Waals surface area (Å²) in [5, 5.41) is 15.9. The summed E-state index contributed by atoms with van der Waals surface area (Å²) >= 11 is 0. The van der Waals surface area contributed by atoms with Gasteiger partial charge in [0.2, 0.25) is 0 Å². The molecule has 0 saturated carbocycles. The highest BCUT2D eigenvalue weighted by atomic mass is 16.7. The highest BCUT2D eigenvalue weighted by Crippen LogP contribution is 2.49. The molecule has 1 aliphatic heterocycles. The predicted molar refractivity (Wildman–Crippen MR) is 122 cm³/mol. The van der Waals surface area contributed by atoms with E-state index in [0.717, 1.165) is 12.0 Å². The number of carbonyl (C=O) groups excluding carboxylic acids is 1. The Balaban J connectivity index is 2.60. The van der Waals surface area contributed by atoms with Gasteiger partial charge in [-0.15, -0.1) is 0 Å². The molecule has 1 aromatic rings. The van der Waals surface area contributed by atoms with Crippen molar-refractivity contribution in [3.63, 3.8) is 0 Å². The van der Waals surface area contributed by atoms with Crippen molar-refractivity contribution in [1.29, 1.82) is 0 Å². The second kappa shape index (κ2) is 8.80. The minimum atomic E-state index is -0.708. The summed E-state index contributed by atoms with van der Waals surface area (Å²) < 4.78 is 0. The number of nitrogens with zero attached hydrogens (tertiary/aromatic N) is 2. The van der Waals surface area contributed by atoms with E-state index in [0.29, 0.717) is 12.1 Å². The summed E-state index contributed by atoms with van der Waals surface area (Å²) in [6.45, 7) is 18.3. The van der Waals surface area contributed by atoms with Crippen LogP contribution in [0.4, 0.5) is 0 Å². The average Bonchev–Trinajstić information content (AvgIpc) is 2.72. The van der Waals surface area contributed by atoms with Gasteiger partial charge >= 0.3 is 0 Å². The van der Waals surface area contributed by atoms with Crippen LogP contribution in [0.2, 0.25) is 0 Å². The lowest BCUT2D eigenvalue weighted by Gasteiger charge is -2.60. The lowest BCUT2D eigenvalue weighted by atomic mass is 9.60. The molecule has 1 N–H and O–H groups in total. The van der Waals surface area contributed by atoms with Crippen LogP contribution in [0.1, 0.15) is 86.8 Å². The van der Waals surface area contributed by atoms with Crippen molar-refractivity contribution >= 4 is 11.5 Å². The zero-order chi connectivity index (χ0) is 22.9. The Kier molecular flexibility index (Phi) is 7.20. The van der Waals surface area contributed by atoms with E-state index < -0.39 is 22.4 Å². The van der Waals surface area contributed by atoms with Crippen LogP contribution < -0.4 is 0 Å². The molecular weight excluding hydrogens is 376 g/mol. The van der Waals surface area contributed by atoms with Gasteiger partial charge in [-0.3, -0.25) is 9.63 Å². The van der Waals surface area contributed by atoms with Gasteiger partial charge < -0.3 is 5.21 Å². The van der Waals surface area contributed by atoms with Gasteiger partial charge in [-0.25, -0.2) is 0 Å². The quantitative estimate of drug-likeness (QED) is 0.454. The number of rotatable bonds is 6. The van der Waals surface area contributed by atoms with Crippen molar-refractivity contribution in [2.24, 2.45) is 22.4 Å². The molecule has 0 amide bonds. The summed E-state index contributed by atoms with van der Waals surface area (Å²) in [6.07, 6.45) is 1.28. The number of carbonyl (C=O) groups is 1. The van der Waals surface area contributed by atoms with Crippen LogP contribution in [0.5, 0.6) is 0 Å². The van der Waals surface area contributed by atoms with Crippen molar-refractivity contribution in [1.82, 2.24) is 5.06 Å². The summed E-state index contributed by atoms with van der Waals surface area (Å²) in [7, 11) is 0. The van der Waals surface area contributed by atoms with Gasteiger partial charge in [-0.2, -0.15) is 5.06 Å². The normalized spacial score (nSPS) is 32.9. The van der Waals surface area contributed by atoms with E-state index in [1.165, 1.54) is 0 Å². The highest BCUT2D eigenvalue weighted by molar-refractivity contribution is 6.11. The topological polar surface area (TPSA) is 62.1 Å². The Bertz CT molecular complexity index is 770. The third-order valence-electron chi connectivity index (χ3n) is 7.31. The van der Waals surface area contributed by atoms with E-state index in [4.69, 9.17) is 4.84 Å². The molecule has 0 bridgehead atoms. The summed E-state index contributed by atoms with van der Waals surface area (Å²) in [5.74, 6) is -0.433. The van der Waals surface area contributed by atoms with Crippen LogP contribution in [0.15, 0.2) is 35.5 Å². The van der Waals surface area contributed by atoms with Gasteiger partial charge in [0.15, 0.2) is 0 Å². The molecule has 5 heteroatoms. The molecule has 0 aromatic heterocycles. The number of hydrogen-bond acceptors (Lipinski definition) is 5. The molecule has 5 atom stereocenters. The van der Waals surface area contributed by atoms with Crippen molar-refractivity contribution in [3.8, 4) is 0 Å². The number of ketones is 1. The van der Waals surface area contributed by atoms with Gasteiger partial charge in [0.1, 0.15) is 11.9 Å². The van der Waals surface area contributed by atoms with Gasteiger partial charge in [0, 0.05) is 11.0 Å². The smallest absolute Gasteiger partial charge is 0.147 e. The monoisotopic (exact) mass is 416 g/mol. The summed E-state index contributed by atoms with van der Waals surface area (Å²) in [6, 6.07) is 10.1. The maximum absolute atomic E-state index is 13.5. The Morgan fingerprint density at radius 3 is 2.20 bits per heavy atom. The first-order chi connectivity index (χ1) is 13.9. The largest absolute Gasteiger partial charge is 0.411 e. The fraction of sp³-hybridized carbons (Fsp3) is 0.680. The predicted octanol–water partition coefficient (Wildman–Crippen LogP) is 6.03. The van der Waals surface area contributed by atoms with Crippen LogP contribution >= 0.6 is 0 Å². The lowest BCUT2D eigenvalue weighted by molar-refractivity contribution is -0.304. The molecule has 1 heterocycles. The molecule has 0 aliphatic carbocycles. The van der Waals surface area contributed by atoms with E-state index in [1.807, 2.05) is 57.9 Å². The Morgan fingerprint density at radius 1 is 1.20 bits per heavy atom. The molecule has 5 unspecified atom stereocenters. The average molecular weight is 417 g/mol. The molecular formula is C25H40N2O3. The third-order valence-corrected chi connectivity index (χ3v) is 7.31. The maximum atomic E-state index is 13.5. The fourth-order valence-electron chi connectivity index (χ4n) is 4.74. The van der Waals surface area contributed by atoms with Crippen LogP contribution in [-0.2, 0) is 9.63 Å². The number of piperidine rings is 1. The molecule has 30 heavy (non-hydrogen) atoms. The van der Waals surface area contributed by atoms with Crippen molar-refractivity contribution in [3.05, 3.63) is 35.9 Å². The summed E-state index contributed by atoms with van der Waals surface area (Å²) in [4.78, 5) is 20.1. The zero-order valence-electron chi connectivity index (χ0n) is 20.2. The lowest BCUT2D eigenvalue weighted by Crippen LogP contribution is -2.72. The Labute approximate surface area is 182 Å². The van der Waals surface area contributed by atoms with E-state index in [9.17, 15) is 10.0 Å². The third kappa shape index (κ3) is 4.06. The SMILES string of the molecule is CCC1(C)C(=NO)C(C(=O)C(C)(C)C)C(C)C(C)(CC)N1OC(C)c1ccccc1. The highest BCUT2D eigenvalue weighted by Gasteiger charge is 2.60. The number of benzene rings is 1. The zero-order valence-corrected chi connectivity index (χ0v) is 20.2.